The molecule has 0 aliphatic carbocycles. The minimum atomic E-state index is -4.86. The standard InChI is InChI=1S/C18H13ClF3NO2/c19-13-7-5-12(6-8-13)17(25)23-10-9-11-3-1-2-4-14(11)15(24)16(23)18(20,21)22/h1-8,16H,9-10H2. The van der Waals surface area contributed by atoms with E-state index in [1.807, 2.05) is 0 Å². The average Bonchev–Trinajstić information content (AvgIpc) is 2.72. The molecule has 1 aliphatic rings. The topological polar surface area (TPSA) is 37.4 Å². The number of fused-ring (bicyclic) bond motifs is 1. The Kier molecular flexibility index (Phi) is 4.56. The lowest BCUT2D eigenvalue weighted by atomic mass is 9.98. The van der Waals surface area contributed by atoms with Crippen LogP contribution in [0, 0.1) is 0 Å². The number of hydrogen-bond donors (Lipinski definition) is 0. The van der Waals surface area contributed by atoms with Crippen molar-refractivity contribution >= 4 is 23.3 Å². The molecule has 1 heterocycles. The van der Waals surface area contributed by atoms with Crippen LogP contribution in [0.5, 0.6) is 0 Å². The molecule has 1 unspecified atom stereocenters. The molecule has 0 saturated heterocycles. The number of nitrogens with zero attached hydrogens (tertiary/aromatic N) is 1. The molecule has 1 amide bonds. The fourth-order valence-corrected chi connectivity index (χ4v) is 3.07. The summed E-state index contributed by atoms with van der Waals surface area (Å²) in [5.74, 6) is -1.96. The van der Waals surface area contributed by atoms with Crippen molar-refractivity contribution in [2.24, 2.45) is 0 Å². The first-order chi connectivity index (χ1) is 11.8. The van der Waals surface area contributed by atoms with Crippen LogP contribution in [0.3, 0.4) is 0 Å². The van der Waals surface area contributed by atoms with Gasteiger partial charge in [-0.25, -0.2) is 0 Å². The lowest BCUT2D eigenvalue weighted by Crippen LogP contribution is -2.53. The molecule has 0 aromatic heterocycles. The van der Waals surface area contributed by atoms with Crippen LogP contribution in [-0.2, 0) is 6.42 Å². The number of benzene rings is 2. The molecule has 1 atom stereocenters. The van der Waals surface area contributed by atoms with Crippen molar-refractivity contribution in [1.82, 2.24) is 4.90 Å². The van der Waals surface area contributed by atoms with Crippen LogP contribution in [0.4, 0.5) is 13.2 Å². The summed E-state index contributed by atoms with van der Waals surface area (Å²) in [5.41, 5.74) is 0.571. The first-order valence-electron chi connectivity index (χ1n) is 7.54. The molecule has 2 aromatic rings. The van der Waals surface area contributed by atoms with Gasteiger partial charge in [-0.15, -0.1) is 0 Å². The smallest absolute Gasteiger partial charge is 0.320 e. The van der Waals surface area contributed by atoms with Gasteiger partial charge in [0.1, 0.15) is 0 Å². The van der Waals surface area contributed by atoms with Crippen molar-refractivity contribution in [1.29, 1.82) is 0 Å². The number of rotatable bonds is 1. The summed E-state index contributed by atoms with van der Waals surface area (Å²) >= 11 is 5.75. The molecule has 0 spiro atoms. The van der Waals surface area contributed by atoms with Gasteiger partial charge in [0, 0.05) is 22.7 Å². The Morgan fingerprint density at radius 3 is 2.36 bits per heavy atom. The number of amides is 1. The fraction of sp³-hybridized carbons (Fsp3) is 0.222. The SMILES string of the molecule is O=C1c2ccccc2CCN(C(=O)c2ccc(Cl)cc2)C1C(F)(F)F. The van der Waals surface area contributed by atoms with Gasteiger partial charge in [-0.05, 0) is 36.2 Å². The van der Waals surface area contributed by atoms with Crippen LogP contribution in [0.15, 0.2) is 48.5 Å². The maximum Gasteiger partial charge on any atom is 0.416 e. The highest BCUT2D eigenvalue weighted by Crippen LogP contribution is 2.32. The van der Waals surface area contributed by atoms with Crippen molar-refractivity contribution in [3.8, 4) is 0 Å². The van der Waals surface area contributed by atoms with Crippen LogP contribution in [0.1, 0.15) is 26.3 Å². The third kappa shape index (κ3) is 3.39. The van der Waals surface area contributed by atoms with Gasteiger partial charge in [0.2, 0.25) is 0 Å². The van der Waals surface area contributed by atoms with Gasteiger partial charge in [0.05, 0.1) is 0 Å². The highest BCUT2D eigenvalue weighted by atomic mass is 35.5. The van der Waals surface area contributed by atoms with Crippen LogP contribution >= 0.6 is 11.6 Å². The monoisotopic (exact) mass is 367 g/mol. The molecule has 0 radical (unpaired) electrons. The molecule has 2 aromatic carbocycles. The van der Waals surface area contributed by atoms with E-state index < -0.39 is 23.9 Å². The second kappa shape index (κ2) is 6.52. The maximum atomic E-state index is 13.6. The Balaban J connectivity index is 2.04. The van der Waals surface area contributed by atoms with E-state index in [-0.39, 0.29) is 24.1 Å². The highest BCUT2D eigenvalue weighted by Gasteiger charge is 2.51. The minimum absolute atomic E-state index is 0.0104. The number of carbonyl (C=O) groups is 2. The summed E-state index contributed by atoms with van der Waals surface area (Å²) in [6.45, 7) is -0.200. The lowest BCUT2D eigenvalue weighted by Gasteiger charge is -2.30. The van der Waals surface area contributed by atoms with E-state index in [0.29, 0.717) is 15.5 Å². The zero-order chi connectivity index (χ0) is 18.2. The van der Waals surface area contributed by atoms with E-state index in [9.17, 15) is 22.8 Å². The van der Waals surface area contributed by atoms with Crippen molar-refractivity contribution in [3.63, 3.8) is 0 Å². The second-order valence-electron chi connectivity index (χ2n) is 5.72. The second-order valence-corrected chi connectivity index (χ2v) is 6.16. The summed E-state index contributed by atoms with van der Waals surface area (Å²) < 4.78 is 40.9. The van der Waals surface area contributed by atoms with Gasteiger partial charge in [0.15, 0.2) is 11.8 Å². The van der Waals surface area contributed by atoms with E-state index in [1.165, 1.54) is 36.4 Å². The molecule has 1 aliphatic heterocycles. The van der Waals surface area contributed by atoms with E-state index in [2.05, 4.69) is 0 Å². The average molecular weight is 368 g/mol. The molecule has 3 rings (SSSR count). The normalized spacial score (nSPS) is 17.8. The Morgan fingerprint density at radius 2 is 1.72 bits per heavy atom. The maximum absolute atomic E-state index is 13.6. The van der Waals surface area contributed by atoms with Gasteiger partial charge in [0.25, 0.3) is 5.91 Å². The number of hydrogen-bond acceptors (Lipinski definition) is 2. The molecule has 0 bridgehead atoms. The third-order valence-electron chi connectivity index (χ3n) is 4.13. The fourth-order valence-electron chi connectivity index (χ4n) is 2.94. The Hall–Kier alpha value is -2.34. The van der Waals surface area contributed by atoms with Gasteiger partial charge >= 0.3 is 6.18 Å². The lowest BCUT2D eigenvalue weighted by molar-refractivity contribution is -0.162. The molecule has 0 fully saturated rings. The zero-order valence-electron chi connectivity index (χ0n) is 12.9. The predicted molar refractivity (Wildman–Crippen MR) is 86.8 cm³/mol. The Labute approximate surface area is 147 Å². The van der Waals surface area contributed by atoms with Gasteiger partial charge in [-0.1, -0.05) is 35.9 Å². The molecule has 130 valence electrons. The molecule has 7 heteroatoms. The molecular weight excluding hydrogens is 355 g/mol. The largest absolute Gasteiger partial charge is 0.416 e. The number of ketones is 1. The van der Waals surface area contributed by atoms with E-state index >= 15 is 0 Å². The highest BCUT2D eigenvalue weighted by molar-refractivity contribution is 6.30. The van der Waals surface area contributed by atoms with E-state index in [0.717, 1.165) is 0 Å². The van der Waals surface area contributed by atoms with Gasteiger partial charge in [-0.2, -0.15) is 13.2 Å². The van der Waals surface area contributed by atoms with Crippen molar-refractivity contribution in [2.75, 3.05) is 6.54 Å². The van der Waals surface area contributed by atoms with Gasteiger partial charge < -0.3 is 4.90 Å². The van der Waals surface area contributed by atoms with Crippen LogP contribution in [-0.4, -0.2) is 35.4 Å². The predicted octanol–water partition coefficient (Wildman–Crippen LogP) is 4.15. The summed E-state index contributed by atoms with van der Waals surface area (Å²) in [6.07, 6.45) is -4.69. The first-order valence-corrected chi connectivity index (χ1v) is 7.92. The van der Waals surface area contributed by atoms with E-state index in [4.69, 9.17) is 11.6 Å². The van der Waals surface area contributed by atoms with E-state index in [1.54, 1.807) is 12.1 Å². The quantitative estimate of drug-likeness (QED) is 0.759. The summed E-state index contributed by atoms with van der Waals surface area (Å²) in [7, 11) is 0. The van der Waals surface area contributed by atoms with Crippen LogP contribution in [0.25, 0.3) is 0 Å². The molecule has 0 N–H and O–H groups in total. The Bertz CT molecular complexity index is 818. The number of Topliss-reactive ketones (excluding diaryl/α,β-unsaturated/α-hetero) is 1. The molecular formula is C18H13ClF3NO2. The Morgan fingerprint density at radius 1 is 1.08 bits per heavy atom. The van der Waals surface area contributed by atoms with Crippen LogP contribution < -0.4 is 0 Å². The third-order valence-corrected chi connectivity index (χ3v) is 4.38. The van der Waals surface area contributed by atoms with Gasteiger partial charge in [-0.3, -0.25) is 9.59 Å². The number of halogens is 4. The first kappa shape index (κ1) is 17.5. The molecule has 3 nitrogen and oxygen atoms in total. The molecule has 25 heavy (non-hydrogen) atoms. The summed E-state index contributed by atoms with van der Waals surface area (Å²) in [6, 6.07) is 9.19. The minimum Gasteiger partial charge on any atom is -0.320 e. The van der Waals surface area contributed by atoms with Crippen molar-refractivity contribution < 1.29 is 22.8 Å². The summed E-state index contributed by atoms with van der Waals surface area (Å²) in [4.78, 5) is 25.8. The van der Waals surface area contributed by atoms with Crippen molar-refractivity contribution in [3.05, 3.63) is 70.2 Å². The van der Waals surface area contributed by atoms with Crippen LogP contribution in [0.2, 0.25) is 5.02 Å². The summed E-state index contributed by atoms with van der Waals surface area (Å²) in [5, 5.41) is 0.364. The zero-order valence-corrected chi connectivity index (χ0v) is 13.6. The molecule has 0 saturated carbocycles. The van der Waals surface area contributed by atoms with Crippen molar-refractivity contribution in [2.45, 2.75) is 18.6 Å². The number of carbonyl (C=O) groups excluding carboxylic acids is 2. The number of alkyl halides is 3.